The zero-order chi connectivity index (χ0) is 24.2. The molecule has 2 heterocycles. The van der Waals surface area contributed by atoms with Gasteiger partial charge >= 0.3 is 0 Å². The topological polar surface area (TPSA) is 80.3 Å². The highest BCUT2D eigenvalue weighted by Gasteiger charge is 2.53. The van der Waals surface area contributed by atoms with E-state index in [4.69, 9.17) is 14.2 Å². The second kappa shape index (κ2) is 10.6. The Labute approximate surface area is 197 Å². The molecular weight excluding hydrogens is 422 g/mol. The van der Waals surface area contributed by atoms with E-state index in [1.807, 2.05) is 17.0 Å². The molecule has 3 rings (SSSR count). The summed E-state index contributed by atoms with van der Waals surface area (Å²) in [5, 5.41) is 3.06. The van der Waals surface area contributed by atoms with Crippen LogP contribution < -0.4 is 19.5 Å². The molecule has 0 unspecified atom stereocenters. The summed E-state index contributed by atoms with van der Waals surface area (Å²) < 4.78 is 16.6. The molecule has 8 heteroatoms. The molecule has 0 bridgehead atoms. The molecule has 184 valence electrons. The average molecular weight is 462 g/mol. The van der Waals surface area contributed by atoms with Gasteiger partial charge in [0.05, 0.1) is 26.9 Å². The number of methoxy groups -OCH3 is 3. The van der Waals surface area contributed by atoms with Gasteiger partial charge in [-0.2, -0.15) is 0 Å². The second-order valence-electron chi connectivity index (χ2n) is 9.46. The number of carbonyl (C=O) groups is 2. The molecule has 1 spiro atoms. The molecule has 1 aromatic rings. The van der Waals surface area contributed by atoms with Crippen LogP contribution in [0.2, 0.25) is 0 Å². The maximum Gasteiger partial charge on any atom is 0.246 e. The summed E-state index contributed by atoms with van der Waals surface area (Å²) in [6, 6.07) is 3.29. The Morgan fingerprint density at radius 1 is 1.06 bits per heavy atom. The molecule has 2 amide bonds. The molecule has 2 aliphatic rings. The predicted octanol–water partition coefficient (Wildman–Crippen LogP) is 2.83. The molecule has 2 saturated heterocycles. The molecule has 1 atom stereocenters. The van der Waals surface area contributed by atoms with Crippen LogP contribution in [-0.2, 0) is 16.1 Å². The average Bonchev–Trinajstić information content (AvgIpc) is 2.81. The maximum absolute atomic E-state index is 13.4. The fourth-order valence-corrected chi connectivity index (χ4v) is 5.09. The van der Waals surface area contributed by atoms with E-state index in [1.54, 1.807) is 21.3 Å². The standard InChI is InChI=1S/C25H39N3O5/c1-7-10-28-23(29)20(13-17(2)3)26-24(30)25(28)8-11-27(12-9-25)16-19-21(32-5)14-18(31-4)15-22(19)33-6/h14-15,17,20H,7-13,16H2,1-6H3,(H,26,30)/t20-/m0/s1. The van der Waals surface area contributed by atoms with Gasteiger partial charge in [0.15, 0.2) is 0 Å². The lowest BCUT2D eigenvalue weighted by Gasteiger charge is -2.52. The number of likely N-dealkylation sites (tertiary alicyclic amines) is 1. The van der Waals surface area contributed by atoms with Crippen LogP contribution in [0.3, 0.4) is 0 Å². The fraction of sp³-hybridized carbons (Fsp3) is 0.680. The molecule has 33 heavy (non-hydrogen) atoms. The molecule has 1 N–H and O–H groups in total. The number of ether oxygens (including phenoxy) is 3. The van der Waals surface area contributed by atoms with E-state index >= 15 is 0 Å². The number of hydrogen-bond acceptors (Lipinski definition) is 6. The molecule has 1 aromatic carbocycles. The number of piperidine rings is 1. The smallest absolute Gasteiger partial charge is 0.246 e. The van der Waals surface area contributed by atoms with Crippen LogP contribution in [0.1, 0.15) is 52.0 Å². The second-order valence-corrected chi connectivity index (χ2v) is 9.46. The number of amides is 2. The van der Waals surface area contributed by atoms with E-state index in [0.29, 0.717) is 68.6 Å². The van der Waals surface area contributed by atoms with Gasteiger partial charge in [-0.15, -0.1) is 0 Å². The quantitative estimate of drug-likeness (QED) is 0.609. The Balaban J connectivity index is 1.78. The first-order chi connectivity index (χ1) is 15.8. The van der Waals surface area contributed by atoms with Crippen LogP contribution in [0.4, 0.5) is 0 Å². The van der Waals surface area contributed by atoms with Gasteiger partial charge in [0.1, 0.15) is 28.8 Å². The Morgan fingerprint density at radius 2 is 1.67 bits per heavy atom. The fourth-order valence-electron chi connectivity index (χ4n) is 5.09. The summed E-state index contributed by atoms with van der Waals surface area (Å²) in [4.78, 5) is 30.8. The van der Waals surface area contributed by atoms with E-state index in [-0.39, 0.29) is 11.8 Å². The highest BCUT2D eigenvalue weighted by molar-refractivity contribution is 6.00. The van der Waals surface area contributed by atoms with Crippen LogP contribution in [0.15, 0.2) is 12.1 Å². The summed E-state index contributed by atoms with van der Waals surface area (Å²) in [6.45, 7) is 8.86. The zero-order valence-electron chi connectivity index (χ0n) is 20.9. The molecule has 0 aromatic heterocycles. The molecule has 0 radical (unpaired) electrons. The van der Waals surface area contributed by atoms with Crippen LogP contribution in [0.5, 0.6) is 17.2 Å². The predicted molar refractivity (Wildman–Crippen MR) is 127 cm³/mol. The third-order valence-electron chi connectivity index (χ3n) is 6.85. The monoisotopic (exact) mass is 461 g/mol. The minimum atomic E-state index is -0.759. The van der Waals surface area contributed by atoms with E-state index in [2.05, 4.69) is 31.0 Å². The molecule has 0 aliphatic carbocycles. The SMILES string of the molecule is CCCN1C(=O)[C@H](CC(C)C)NC(=O)C12CCN(Cc1c(OC)cc(OC)cc1OC)CC2. The van der Waals surface area contributed by atoms with E-state index < -0.39 is 11.6 Å². The molecule has 0 saturated carbocycles. The van der Waals surface area contributed by atoms with Crippen LogP contribution >= 0.6 is 0 Å². The van der Waals surface area contributed by atoms with Crippen molar-refractivity contribution in [3.05, 3.63) is 17.7 Å². The zero-order valence-corrected chi connectivity index (χ0v) is 20.9. The van der Waals surface area contributed by atoms with E-state index in [0.717, 1.165) is 12.0 Å². The minimum absolute atomic E-state index is 0.000425. The highest BCUT2D eigenvalue weighted by atomic mass is 16.5. The lowest BCUT2D eigenvalue weighted by Crippen LogP contribution is -2.73. The molecule has 8 nitrogen and oxygen atoms in total. The van der Waals surface area contributed by atoms with Crippen LogP contribution in [0, 0.1) is 5.92 Å². The summed E-state index contributed by atoms with van der Waals surface area (Å²) in [6.07, 6.45) is 2.72. The van der Waals surface area contributed by atoms with Gasteiger partial charge in [0.25, 0.3) is 0 Å². The van der Waals surface area contributed by atoms with Crippen molar-refractivity contribution in [2.24, 2.45) is 5.92 Å². The van der Waals surface area contributed by atoms with Crippen molar-refractivity contribution in [2.75, 3.05) is 41.0 Å². The normalized spacial score (nSPS) is 20.8. The molecule has 2 fully saturated rings. The van der Waals surface area contributed by atoms with Crippen molar-refractivity contribution in [1.29, 1.82) is 0 Å². The molecule has 2 aliphatic heterocycles. The first-order valence-corrected chi connectivity index (χ1v) is 11.9. The van der Waals surface area contributed by atoms with Gasteiger partial charge in [-0.3, -0.25) is 14.5 Å². The van der Waals surface area contributed by atoms with Crippen molar-refractivity contribution in [3.63, 3.8) is 0 Å². The van der Waals surface area contributed by atoms with Gasteiger partial charge in [-0.05, 0) is 31.6 Å². The summed E-state index contributed by atoms with van der Waals surface area (Å²) >= 11 is 0. The number of rotatable bonds is 9. The maximum atomic E-state index is 13.4. The first kappa shape index (κ1) is 25.1. The number of carbonyl (C=O) groups excluding carboxylic acids is 2. The number of nitrogens with zero attached hydrogens (tertiary/aromatic N) is 2. The third kappa shape index (κ3) is 5.05. The lowest BCUT2D eigenvalue weighted by molar-refractivity contribution is -0.161. The third-order valence-corrected chi connectivity index (χ3v) is 6.85. The van der Waals surface area contributed by atoms with Crippen LogP contribution in [-0.4, -0.2) is 74.2 Å². The Kier molecular flexibility index (Phi) is 8.10. The Hall–Kier alpha value is -2.48. The summed E-state index contributed by atoms with van der Waals surface area (Å²) in [5.74, 6) is 2.50. The van der Waals surface area contributed by atoms with Crippen molar-refractivity contribution >= 4 is 11.8 Å². The van der Waals surface area contributed by atoms with Crippen molar-refractivity contribution in [3.8, 4) is 17.2 Å². The van der Waals surface area contributed by atoms with E-state index in [9.17, 15) is 9.59 Å². The van der Waals surface area contributed by atoms with Crippen molar-refractivity contribution in [1.82, 2.24) is 15.1 Å². The van der Waals surface area contributed by atoms with Gasteiger partial charge < -0.3 is 24.4 Å². The number of benzene rings is 1. The van der Waals surface area contributed by atoms with Gasteiger partial charge in [-0.1, -0.05) is 20.8 Å². The number of piperazine rings is 1. The number of nitrogens with one attached hydrogen (secondary N) is 1. The van der Waals surface area contributed by atoms with Gasteiger partial charge in [0.2, 0.25) is 11.8 Å². The van der Waals surface area contributed by atoms with Gasteiger partial charge in [-0.25, -0.2) is 0 Å². The minimum Gasteiger partial charge on any atom is -0.496 e. The highest BCUT2D eigenvalue weighted by Crippen LogP contribution is 2.38. The largest absolute Gasteiger partial charge is 0.496 e. The van der Waals surface area contributed by atoms with Crippen molar-refractivity contribution in [2.45, 2.75) is 64.6 Å². The molecular formula is C25H39N3O5. The summed E-state index contributed by atoms with van der Waals surface area (Å²) in [5.41, 5.74) is 0.189. The lowest BCUT2D eigenvalue weighted by atomic mass is 9.80. The van der Waals surface area contributed by atoms with Crippen molar-refractivity contribution < 1.29 is 23.8 Å². The van der Waals surface area contributed by atoms with Crippen LogP contribution in [0.25, 0.3) is 0 Å². The van der Waals surface area contributed by atoms with Gasteiger partial charge in [0, 0.05) is 38.3 Å². The Bertz CT molecular complexity index is 823. The Morgan fingerprint density at radius 3 is 2.15 bits per heavy atom. The first-order valence-electron chi connectivity index (χ1n) is 11.9. The number of hydrogen-bond donors (Lipinski definition) is 1. The van der Waals surface area contributed by atoms with E-state index in [1.165, 1.54) is 0 Å². The summed E-state index contributed by atoms with van der Waals surface area (Å²) in [7, 11) is 4.89.